The molecule has 216 valence electrons. The van der Waals surface area contributed by atoms with Gasteiger partial charge in [0.2, 0.25) is 0 Å². The first-order valence-corrected chi connectivity index (χ1v) is 15.0. The van der Waals surface area contributed by atoms with Gasteiger partial charge in [0.05, 0.1) is 16.9 Å². The maximum atomic E-state index is 4.92. The van der Waals surface area contributed by atoms with E-state index in [-0.39, 0.29) is 21.1 Å². The Hall–Kier alpha value is -5.17. The first-order valence-electron chi connectivity index (χ1n) is 14.1. The number of hydrogen-bond donors (Lipinski definition) is 0. The van der Waals surface area contributed by atoms with Gasteiger partial charge < -0.3 is 9.55 Å². The van der Waals surface area contributed by atoms with Crippen LogP contribution in [0.5, 0.6) is 0 Å². The van der Waals surface area contributed by atoms with Crippen LogP contribution in [0.4, 0.5) is 0 Å². The summed E-state index contributed by atoms with van der Waals surface area (Å²) in [6.45, 7) is 0. The Morgan fingerprint density at radius 3 is 2.27 bits per heavy atom. The van der Waals surface area contributed by atoms with Gasteiger partial charge in [-0.3, -0.25) is 4.98 Å². The summed E-state index contributed by atoms with van der Waals surface area (Å²) in [7, 11) is 0. The SMILES string of the molecule is [Pt+2].[c-]1c(-c2ccc(-n3cccn3)cn2)cccc1-n1c2[c-]c(-c3nc4ccccc4s3)ccc2c2cc(-n3cccn3)ccc21. The molecule has 5 heterocycles. The molecule has 45 heavy (non-hydrogen) atoms. The van der Waals surface area contributed by atoms with Crippen molar-refractivity contribution >= 4 is 43.4 Å². The predicted molar refractivity (Wildman–Crippen MR) is 175 cm³/mol. The molecule has 0 saturated heterocycles. The van der Waals surface area contributed by atoms with Crippen LogP contribution in [0.15, 0.2) is 128 Å². The van der Waals surface area contributed by atoms with Gasteiger partial charge in [0.15, 0.2) is 0 Å². The smallest absolute Gasteiger partial charge is 0.346 e. The van der Waals surface area contributed by atoms with E-state index in [1.54, 1.807) is 28.4 Å². The van der Waals surface area contributed by atoms with E-state index in [1.165, 1.54) is 0 Å². The fourth-order valence-corrected chi connectivity index (χ4v) is 6.64. The van der Waals surface area contributed by atoms with Crippen molar-refractivity contribution in [3.63, 3.8) is 0 Å². The van der Waals surface area contributed by atoms with Crippen LogP contribution in [0.2, 0.25) is 0 Å². The molecule has 0 fully saturated rings. The summed E-state index contributed by atoms with van der Waals surface area (Å²) >= 11 is 1.68. The molecule has 0 unspecified atom stereocenters. The Morgan fingerprint density at radius 1 is 0.667 bits per heavy atom. The van der Waals surface area contributed by atoms with Crippen LogP contribution >= 0.6 is 11.3 Å². The average molecular weight is 779 g/mol. The van der Waals surface area contributed by atoms with Crippen molar-refractivity contribution in [3.8, 4) is 38.9 Å². The fourth-order valence-electron chi connectivity index (χ4n) is 5.70. The molecule has 4 aromatic carbocycles. The summed E-state index contributed by atoms with van der Waals surface area (Å²) in [6.07, 6.45) is 9.25. The van der Waals surface area contributed by atoms with Gasteiger partial charge in [-0.1, -0.05) is 23.6 Å². The zero-order valence-corrected chi connectivity index (χ0v) is 26.6. The number of thiazole rings is 1. The predicted octanol–water partition coefficient (Wildman–Crippen LogP) is 8.09. The molecule has 7 nitrogen and oxygen atoms in total. The van der Waals surface area contributed by atoms with Crippen molar-refractivity contribution in [3.05, 3.63) is 140 Å². The number of benzene rings is 4. The van der Waals surface area contributed by atoms with Crippen molar-refractivity contribution in [2.24, 2.45) is 0 Å². The minimum Gasteiger partial charge on any atom is -0.346 e. The van der Waals surface area contributed by atoms with Gasteiger partial charge in [-0.25, -0.2) is 9.36 Å². The summed E-state index contributed by atoms with van der Waals surface area (Å²) in [5.41, 5.74) is 8.53. The zero-order chi connectivity index (χ0) is 29.0. The van der Waals surface area contributed by atoms with Crippen LogP contribution in [-0.2, 0) is 21.1 Å². The van der Waals surface area contributed by atoms with Crippen LogP contribution in [0.1, 0.15) is 0 Å². The topological polar surface area (TPSA) is 66.3 Å². The van der Waals surface area contributed by atoms with Gasteiger partial charge in [0.25, 0.3) is 0 Å². The molecule has 9 heteroatoms. The fraction of sp³-hybridized carbons (Fsp3) is 0. The van der Waals surface area contributed by atoms with Gasteiger partial charge in [0, 0.05) is 46.2 Å². The van der Waals surface area contributed by atoms with E-state index in [4.69, 9.17) is 9.97 Å². The number of nitrogens with zero attached hydrogens (tertiary/aromatic N) is 7. The minimum atomic E-state index is 0. The molecule has 9 rings (SSSR count). The first-order chi connectivity index (χ1) is 21.8. The third-order valence-corrected chi connectivity index (χ3v) is 8.84. The number of pyridine rings is 1. The third kappa shape index (κ3) is 4.70. The summed E-state index contributed by atoms with van der Waals surface area (Å²) < 4.78 is 7.07. The number of aromatic nitrogens is 7. The van der Waals surface area contributed by atoms with Crippen molar-refractivity contribution in [1.82, 2.24) is 34.1 Å². The molecule has 0 atom stereocenters. The van der Waals surface area contributed by atoms with Crippen molar-refractivity contribution in [1.29, 1.82) is 0 Å². The van der Waals surface area contributed by atoms with Gasteiger partial charge in [-0.2, -0.15) is 21.5 Å². The Balaban J connectivity index is 0.00000300. The summed E-state index contributed by atoms with van der Waals surface area (Å²) in [6, 6.07) is 40.4. The number of hydrogen-bond acceptors (Lipinski definition) is 5. The van der Waals surface area contributed by atoms with Crippen LogP contribution < -0.4 is 0 Å². The third-order valence-electron chi connectivity index (χ3n) is 7.77. The van der Waals surface area contributed by atoms with Crippen LogP contribution in [-0.4, -0.2) is 34.1 Å². The van der Waals surface area contributed by atoms with Crippen molar-refractivity contribution < 1.29 is 21.1 Å². The van der Waals surface area contributed by atoms with Crippen LogP contribution in [0.3, 0.4) is 0 Å². The van der Waals surface area contributed by atoms with Gasteiger partial charge >= 0.3 is 21.1 Å². The van der Waals surface area contributed by atoms with E-state index in [9.17, 15) is 0 Å². The number of rotatable bonds is 5. The van der Waals surface area contributed by atoms with Crippen molar-refractivity contribution in [2.75, 3.05) is 0 Å². The van der Waals surface area contributed by atoms with Crippen LogP contribution in [0, 0.1) is 12.1 Å². The average Bonchev–Trinajstić information content (AvgIpc) is 3.90. The molecular weight excluding hydrogens is 758 g/mol. The largest absolute Gasteiger partial charge is 2.00 e. The zero-order valence-electron chi connectivity index (χ0n) is 23.5. The van der Waals surface area contributed by atoms with Gasteiger partial charge in [-0.15, -0.1) is 53.6 Å². The molecule has 0 radical (unpaired) electrons. The Labute approximate surface area is 276 Å². The normalized spacial score (nSPS) is 11.4. The number of para-hydroxylation sites is 1. The molecule has 0 amide bonds. The van der Waals surface area contributed by atoms with Gasteiger partial charge in [0.1, 0.15) is 0 Å². The van der Waals surface area contributed by atoms with Gasteiger partial charge in [-0.05, 0) is 70.8 Å². The first kappa shape index (κ1) is 27.4. The quantitative estimate of drug-likeness (QED) is 0.166. The standard InChI is InChI=1S/C36H21N7S.Pt/c1-2-9-35-32(8-1)40-36(44-35)25-10-13-29-30-22-26(41-18-4-16-38-41)12-15-33(30)43(34(29)21-25)27-7-3-6-24(20-27)31-14-11-28(23-37-31)42-19-5-17-39-42;/h1-19,22-23H;/q-2;+2. The second-order valence-corrected chi connectivity index (χ2v) is 11.4. The van der Waals surface area contributed by atoms with E-state index in [0.29, 0.717) is 0 Å². The van der Waals surface area contributed by atoms with E-state index >= 15 is 0 Å². The van der Waals surface area contributed by atoms with E-state index in [2.05, 4.69) is 87.6 Å². The molecule has 5 aromatic heterocycles. The number of fused-ring (bicyclic) bond motifs is 4. The summed E-state index contributed by atoms with van der Waals surface area (Å²) in [5.74, 6) is 0. The molecular formula is C36H21N7PtS. The maximum absolute atomic E-state index is 4.92. The minimum absolute atomic E-state index is 0. The molecule has 0 saturated carbocycles. The summed E-state index contributed by atoms with van der Waals surface area (Å²) in [4.78, 5) is 9.66. The molecule has 0 aliphatic rings. The maximum Gasteiger partial charge on any atom is 2.00 e. The second kappa shape index (κ2) is 11.1. The molecule has 0 bridgehead atoms. The molecule has 0 spiro atoms. The monoisotopic (exact) mass is 778 g/mol. The van der Waals surface area contributed by atoms with Crippen LogP contribution in [0.25, 0.3) is 70.9 Å². The second-order valence-electron chi connectivity index (χ2n) is 10.4. The molecule has 0 aliphatic heterocycles. The molecule has 0 aliphatic carbocycles. The van der Waals surface area contributed by atoms with E-state index < -0.39 is 0 Å². The summed E-state index contributed by atoms with van der Waals surface area (Å²) in [5, 5.41) is 11.9. The Kier molecular flexibility index (Phi) is 6.74. The Bertz CT molecular complexity index is 2410. The molecule has 9 aromatic rings. The molecule has 0 N–H and O–H groups in total. The van der Waals surface area contributed by atoms with E-state index in [0.717, 1.165) is 70.9 Å². The van der Waals surface area contributed by atoms with Crippen molar-refractivity contribution in [2.45, 2.75) is 0 Å². The van der Waals surface area contributed by atoms with E-state index in [1.807, 2.05) is 59.7 Å². The Morgan fingerprint density at radius 2 is 1.49 bits per heavy atom.